The van der Waals surface area contributed by atoms with E-state index in [1.165, 1.54) is 0 Å². The Morgan fingerprint density at radius 2 is 1.08 bits per heavy atom. The van der Waals surface area contributed by atoms with Crippen molar-refractivity contribution in [3.63, 3.8) is 0 Å². The number of benzene rings is 1. The highest BCUT2D eigenvalue weighted by Gasteiger charge is 2.88. The molecule has 1 nitrogen and oxygen atoms in total. The number of hydrogen-bond donors (Lipinski definition) is 0. The lowest BCUT2D eigenvalue weighted by atomic mass is 9.96. The van der Waals surface area contributed by atoms with Gasteiger partial charge in [0.25, 0.3) is 0 Å². The smallest absolute Gasteiger partial charge is 0.428 e. The van der Waals surface area contributed by atoms with Gasteiger partial charge in [-0.1, -0.05) is 44.0 Å². The molecule has 36 heavy (non-hydrogen) atoms. The molecule has 1 aromatic rings. The molecule has 0 aromatic heterocycles. The van der Waals surface area contributed by atoms with E-state index in [0.29, 0.717) is 12.1 Å². The van der Waals surface area contributed by atoms with Crippen molar-refractivity contribution in [1.82, 2.24) is 0 Å². The molecule has 0 fully saturated rings. The van der Waals surface area contributed by atoms with Crippen molar-refractivity contribution in [2.24, 2.45) is 0 Å². The molecule has 208 valence electrons. The maximum atomic E-state index is 13.8. The van der Waals surface area contributed by atoms with Crippen LogP contribution in [0.4, 0.5) is 74.6 Å². The quantitative estimate of drug-likeness (QED) is 0.185. The largest absolute Gasteiger partial charge is 0.471 e. The molecule has 0 aliphatic rings. The summed E-state index contributed by atoms with van der Waals surface area (Å²) in [5.74, 6) is -51.1. The highest BCUT2D eigenvalue weighted by molar-refractivity contribution is 9.24. The lowest BCUT2D eigenvalue weighted by Crippen LogP contribution is -2.66. The number of alkyl halides is 17. The van der Waals surface area contributed by atoms with Crippen LogP contribution in [0.3, 0.4) is 0 Å². The number of ether oxygens (including phenoxy) is 1. The molecule has 0 heterocycles. The van der Waals surface area contributed by atoms with Crippen molar-refractivity contribution in [2.45, 2.75) is 45.6 Å². The maximum absolute atomic E-state index is 13.8. The molecule has 0 saturated carbocycles. The topological polar surface area (TPSA) is 9.23 Å². The van der Waals surface area contributed by atoms with Gasteiger partial charge in [-0.05, 0) is 17.7 Å². The zero-order chi connectivity index (χ0) is 28.9. The van der Waals surface area contributed by atoms with Crippen LogP contribution >= 0.6 is 31.9 Å². The van der Waals surface area contributed by atoms with E-state index in [2.05, 4.69) is 36.6 Å². The van der Waals surface area contributed by atoms with Gasteiger partial charge in [-0.25, -0.2) is 8.78 Å². The lowest BCUT2D eigenvalue weighted by Gasteiger charge is -2.37. The Hall–Kier alpha value is -1.47. The number of halogens is 19. The monoisotopic (exact) mass is 694 g/mol. The van der Waals surface area contributed by atoms with Gasteiger partial charge >= 0.3 is 41.9 Å². The van der Waals surface area contributed by atoms with E-state index in [0.717, 1.165) is 12.1 Å². The Kier molecular flexibility index (Phi) is 8.76. The van der Waals surface area contributed by atoms with Gasteiger partial charge in [-0.15, -0.1) is 0 Å². The van der Waals surface area contributed by atoms with Crippen LogP contribution in [0.1, 0.15) is 9.30 Å². The van der Waals surface area contributed by atoms with Gasteiger partial charge in [0.1, 0.15) is 5.75 Å². The Morgan fingerprint density at radius 1 is 0.639 bits per heavy atom. The van der Waals surface area contributed by atoms with Crippen LogP contribution in [-0.2, 0) is 0 Å². The molecule has 1 aromatic carbocycles. The van der Waals surface area contributed by atoms with Crippen molar-refractivity contribution >= 4 is 31.9 Å². The molecule has 0 bridgehead atoms. The summed E-state index contributed by atoms with van der Waals surface area (Å²) in [6.07, 6.45) is -14.2. The third-order valence-electron chi connectivity index (χ3n) is 4.00. The van der Waals surface area contributed by atoms with Crippen molar-refractivity contribution in [1.29, 1.82) is 0 Å². The minimum absolute atomic E-state index is 0.0622. The number of rotatable bonds is 9. The summed E-state index contributed by atoms with van der Waals surface area (Å²) in [4.78, 5) is 0. The molecule has 0 N–H and O–H groups in total. The van der Waals surface area contributed by atoms with Crippen LogP contribution in [-0.4, -0.2) is 41.9 Å². The fraction of sp³-hybridized carbons (Fsp3) is 0.500. The standard InChI is InChI=1S/C16H5Br2F17O/c17-9(18)5-2-1-3-6(4-5)36-16(34,35)11(23,24)8(20)7(19)10(21,22)12(25,26)13(27,28)14(29,30)15(31,32)33/h1-4,9H. The molecule has 0 spiro atoms. The van der Waals surface area contributed by atoms with Crippen molar-refractivity contribution in [2.75, 3.05) is 0 Å². The second kappa shape index (κ2) is 9.68. The van der Waals surface area contributed by atoms with Crippen LogP contribution in [0.5, 0.6) is 5.75 Å². The summed E-state index contributed by atoms with van der Waals surface area (Å²) in [5, 5.41) is 0. The predicted molar refractivity (Wildman–Crippen MR) is 92.6 cm³/mol. The highest BCUT2D eigenvalue weighted by atomic mass is 79.9. The van der Waals surface area contributed by atoms with E-state index >= 15 is 0 Å². The van der Waals surface area contributed by atoms with E-state index < -0.39 is 63.0 Å². The zero-order valence-electron chi connectivity index (χ0n) is 16.0. The molecule has 20 heteroatoms. The van der Waals surface area contributed by atoms with Crippen LogP contribution in [0.2, 0.25) is 0 Å². The second-order valence-electron chi connectivity index (χ2n) is 6.49. The van der Waals surface area contributed by atoms with Gasteiger partial charge in [0.05, 0.1) is 3.74 Å². The van der Waals surface area contributed by atoms with Crippen LogP contribution < -0.4 is 4.74 Å². The summed E-state index contributed by atoms with van der Waals surface area (Å²) in [6, 6.07) is 2.98. The highest BCUT2D eigenvalue weighted by Crippen LogP contribution is 2.60. The summed E-state index contributed by atoms with van der Waals surface area (Å²) in [6.45, 7) is 0. The number of hydrogen-bond acceptors (Lipinski definition) is 1. The Labute approximate surface area is 204 Å². The van der Waals surface area contributed by atoms with E-state index in [1.54, 1.807) is 0 Å². The third kappa shape index (κ3) is 5.24. The first-order chi connectivity index (χ1) is 15.7. The van der Waals surface area contributed by atoms with Crippen LogP contribution in [0.25, 0.3) is 0 Å². The molecular weight excluding hydrogens is 691 g/mol. The van der Waals surface area contributed by atoms with Gasteiger partial charge in [-0.3, -0.25) is 0 Å². The van der Waals surface area contributed by atoms with Crippen LogP contribution in [0.15, 0.2) is 35.9 Å². The third-order valence-corrected chi connectivity index (χ3v) is 5.06. The maximum Gasteiger partial charge on any atom is 0.471 e. The number of allylic oxidation sites excluding steroid dienone is 1. The average Bonchev–Trinajstić information content (AvgIpc) is 2.70. The Morgan fingerprint density at radius 3 is 1.50 bits per heavy atom. The lowest BCUT2D eigenvalue weighted by molar-refractivity contribution is -0.419. The summed E-state index contributed by atoms with van der Waals surface area (Å²) >= 11 is 5.66. The van der Waals surface area contributed by atoms with Gasteiger partial charge in [0, 0.05) is 0 Å². The normalized spacial score (nSPS) is 15.8. The van der Waals surface area contributed by atoms with Gasteiger partial charge in [-0.2, -0.15) is 65.9 Å². The zero-order valence-corrected chi connectivity index (χ0v) is 19.1. The molecule has 0 aliphatic carbocycles. The van der Waals surface area contributed by atoms with E-state index in [9.17, 15) is 74.6 Å². The molecular formula is C16H5Br2F17O. The van der Waals surface area contributed by atoms with E-state index in [-0.39, 0.29) is 5.56 Å². The SMILES string of the molecule is FC(=C(F)C(F)(F)C(F)(F)C(F)(F)C(F)(F)C(F)(F)F)C(F)(F)C(F)(F)Oc1cccc(C(Br)Br)c1. The van der Waals surface area contributed by atoms with E-state index in [4.69, 9.17) is 0 Å². The first-order valence-corrected chi connectivity index (χ1v) is 10.00. The molecule has 1 rings (SSSR count). The van der Waals surface area contributed by atoms with Gasteiger partial charge in [0.15, 0.2) is 0 Å². The van der Waals surface area contributed by atoms with Crippen molar-refractivity contribution in [3.8, 4) is 5.75 Å². The predicted octanol–water partition coefficient (Wildman–Crippen LogP) is 9.34. The summed E-state index contributed by atoms with van der Waals surface area (Å²) < 4.78 is 226. The first-order valence-electron chi connectivity index (χ1n) is 8.17. The molecule has 0 aliphatic heterocycles. The molecule has 0 radical (unpaired) electrons. The molecule has 0 amide bonds. The average molecular weight is 696 g/mol. The fourth-order valence-corrected chi connectivity index (χ4v) is 2.61. The fourth-order valence-electron chi connectivity index (χ4n) is 2.04. The minimum Gasteiger partial charge on any atom is -0.428 e. The Bertz CT molecular complexity index is 983. The van der Waals surface area contributed by atoms with Crippen LogP contribution in [0, 0.1) is 0 Å². The molecule has 0 atom stereocenters. The van der Waals surface area contributed by atoms with Crippen molar-refractivity contribution < 1.29 is 79.4 Å². The van der Waals surface area contributed by atoms with Gasteiger partial charge < -0.3 is 4.74 Å². The Balaban J connectivity index is 3.57. The van der Waals surface area contributed by atoms with Gasteiger partial charge in [0.2, 0.25) is 11.7 Å². The summed E-state index contributed by atoms with van der Waals surface area (Å²) in [5.41, 5.74) is -0.0622. The second-order valence-corrected chi connectivity index (χ2v) is 9.55. The van der Waals surface area contributed by atoms with Crippen molar-refractivity contribution in [3.05, 3.63) is 41.5 Å². The summed E-state index contributed by atoms with van der Waals surface area (Å²) in [7, 11) is 0. The molecule has 0 saturated heterocycles. The van der Waals surface area contributed by atoms with E-state index in [1.807, 2.05) is 0 Å². The first kappa shape index (κ1) is 32.6. The molecule has 0 unspecified atom stereocenters. The minimum atomic E-state index is -8.31.